The summed E-state index contributed by atoms with van der Waals surface area (Å²) in [5.74, 6) is -4.13. The number of hydrogen-bond donors (Lipinski definition) is 2. The largest absolute Gasteiger partial charge is 0.480 e. The van der Waals surface area contributed by atoms with E-state index in [-0.39, 0.29) is 0 Å². The third-order valence-corrected chi connectivity index (χ3v) is 1.63. The van der Waals surface area contributed by atoms with Crippen molar-refractivity contribution in [1.82, 2.24) is 0 Å². The predicted octanol–water partition coefficient (Wildman–Crippen LogP) is 1.68. The Balaban J connectivity index is 4.86. The Morgan fingerprint density at radius 1 is 1.00 bits per heavy atom. The van der Waals surface area contributed by atoms with Gasteiger partial charge in [0.2, 0.25) is 0 Å². The van der Waals surface area contributed by atoms with Crippen LogP contribution in [0.15, 0.2) is 23.3 Å². The van der Waals surface area contributed by atoms with Gasteiger partial charge in [0.05, 0.1) is 0 Å². The molecule has 0 aliphatic carbocycles. The minimum absolute atomic E-state index is 0.311. The lowest BCUT2D eigenvalue weighted by molar-refractivity contribution is -0.152. The molecule has 0 radical (unpaired) electrons. The number of hydrogen-bond acceptors (Lipinski definition) is 2. The van der Waals surface area contributed by atoms with Gasteiger partial charge in [0.25, 0.3) is 0 Å². The maximum absolute atomic E-state index is 10.6. The summed E-state index contributed by atoms with van der Waals surface area (Å²) in [6.45, 7) is 5.19. The number of rotatable bonds is 4. The molecule has 0 saturated carbocycles. The van der Waals surface area contributed by atoms with Crippen LogP contribution in [0.25, 0.3) is 0 Å². The fourth-order valence-corrected chi connectivity index (χ4v) is 0.889. The first-order chi connectivity index (χ1) is 6.36. The van der Waals surface area contributed by atoms with E-state index in [0.717, 1.165) is 5.57 Å². The lowest BCUT2D eigenvalue weighted by atomic mass is 10.0. The van der Waals surface area contributed by atoms with Crippen LogP contribution in [0.5, 0.6) is 0 Å². The van der Waals surface area contributed by atoms with Gasteiger partial charge < -0.3 is 10.2 Å². The van der Waals surface area contributed by atoms with Crippen molar-refractivity contribution in [2.24, 2.45) is 5.92 Å². The van der Waals surface area contributed by atoms with Gasteiger partial charge in [0.15, 0.2) is 5.92 Å². The van der Waals surface area contributed by atoms with Crippen LogP contribution in [-0.2, 0) is 9.59 Å². The topological polar surface area (TPSA) is 74.6 Å². The zero-order chi connectivity index (χ0) is 11.3. The average Bonchev–Trinajstić information content (AvgIpc) is 1.99. The molecule has 78 valence electrons. The first kappa shape index (κ1) is 12.4. The number of aliphatic carboxylic acids is 2. The lowest BCUT2D eigenvalue weighted by Crippen LogP contribution is -2.24. The molecule has 0 saturated heterocycles. The lowest BCUT2D eigenvalue weighted by Gasteiger charge is -2.06. The van der Waals surface area contributed by atoms with E-state index in [0.29, 0.717) is 5.57 Å². The summed E-state index contributed by atoms with van der Waals surface area (Å²) in [5.41, 5.74) is 1.30. The molecule has 0 rings (SSSR count). The molecule has 4 heteroatoms. The van der Waals surface area contributed by atoms with E-state index in [1.54, 1.807) is 6.08 Å². The highest BCUT2D eigenvalue weighted by Gasteiger charge is 2.26. The molecule has 0 unspecified atom stereocenters. The number of allylic oxidation sites excluding steroid dienone is 3. The Labute approximate surface area is 82.6 Å². The maximum atomic E-state index is 10.6. The molecule has 0 aliphatic heterocycles. The van der Waals surface area contributed by atoms with Crippen molar-refractivity contribution in [2.45, 2.75) is 20.8 Å². The van der Waals surface area contributed by atoms with Gasteiger partial charge in [-0.1, -0.05) is 17.7 Å². The minimum Gasteiger partial charge on any atom is -0.480 e. The fourth-order valence-electron chi connectivity index (χ4n) is 0.889. The monoisotopic (exact) mass is 198 g/mol. The molecule has 0 spiro atoms. The molecule has 0 bridgehead atoms. The predicted molar refractivity (Wildman–Crippen MR) is 51.9 cm³/mol. The molecule has 4 nitrogen and oxygen atoms in total. The summed E-state index contributed by atoms with van der Waals surface area (Å²) in [7, 11) is 0. The zero-order valence-electron chi connectivity index (χ0n) is 8.44. The van der Waals surface area contributed by atoms with Crippen LogP contribution in [0.3, 0.4) is 0 Å². The highest BCUT2D eigenvalue weighted by molar-refractivity contribution is 5.96. The van der Waals surface area contributed by atoms with Gasteiger partial charge in [-0.2, -0.15) is 0 Å². The van der Waals surface area contributed by atoms with Crippen LogP contribution in [0, 0.1) is 5.92 Å². The van der Waals surface area contributed by atoms with Gasteiger partial charge in [-0.15, -0.1) is 0 Å². The van der Waals surface area contributed by atoms with E-state index in [4.69, 9.17) is 10.2 Å². The van der Waals surface area contributed by atoms with Crippen molar-refractivity contribution in [3.8, 4) is 0 Å². The molecule has 0 atom stereocenters. The third-order valence-electron chi connectivity index (χ3n) is 1.63. The van der Waals surface area contributed by atoms with Crippen LogP contribution in [0.4, 0.5) is 0 Å². The quantitative estimate of drug-likeness (QED) is 0.532. The van der Waals surface area contributed by atoms with E-state index in [1.165, 1.54) is 13.0 Å². The Bertz CT molecular complexity index is 281. The molecule has 0 aliphatic rings. The van der Waals surface area contributed by atoms with Crippen molar-refractivity contribution in [1.29, 1.82) is 0 Å². The van der Waals surface area contributed by atoms with E-state index in [9.17, 15) is 9.59 Å². The van der Waals surface area contributed by atoms with Crippen LogP contribution in [0.1, 0.15) is 20.8 Å². The summed E-state index contributed by atoms with van der Waals surface area (Å²) in [5, 5.41) is 17.3. The first-order valence-electron chi connectivity index (χ1n) is 4.13. The number of carboxylic acid groups (broad SMARTS) is 2. The molecule has 0 amide bonds. The third kappa shape index (κ3) is 3.89. The normalized spacial score (nSPS) is 11.3. The van der Waals surface area contributed by atoms with Crippen LogP contribution < -0.4 is 0 Å². The molecule has 0 aromatic rings. The minimum atomic E-state index is -1.45. The van der Waals surface area contributed by atoms with Gasteiger partial charge in [-0.05, 0) is 26.3 Å². The molecular weight excluding hydrogens is 184 g/mol. The number of carbonyl (C=O) groups is 2. The summed E-state index contributed by atoms with van der Waals surface area (Å²) >= 11 is 0. The molecule has 0 fully saturated rings. The second-order valence-corrected chi connectivity index (χ2v) is 3.26. The second kappa shape index (κ2) is 5.21. The summed E-state index contributed by atoms with van der Waals surface area (Å²) in [4.78, 5) is 21.2. The van der Waals surface area contributed by atoms with Crippen LogP contribution in [0.2, 0.25) is 0 Å². The van der Waals surface area contributed by atoms with Gasteiger partial charge in [-0.25, -0.2) is 0 Å². The van der Waals surface area contributed by atoms with Crippen LogP contribution in [-0.4, -0.2) is 22.2 Å². The molecule has 0 aromatic heterocycles. The fraction of sp³-hybridized carbons (Fsp3) is 0.400. The van der Waals surface area contributed by atoms with Crippen molar-refractivity contribution < 1.29 is 19.8 Å². The summed E-state index contributed by atoms with van der Waals surface area (Å²) in [6.07, 6.45) is 3.20. The molecule has 14 heavy (non-hydrogen) atoms. The summed E-state index contributed by atoms with van der Waals surface area (Å²) < 4.78 is 0. The van der Waals surface area contributed by atoms with Gasteiger partial charge in [0.1, 0.15) is 0 Å². The van der Waals surface area contributed by atoms with Gasteiger partial charge in [-0.3, -0.25) is 9.59 Å². The summed E-state index contributed by atoms with van der Waals surface area (Å²) in [6, 6.07) is 0. The molecule has 0 heterocycles. The smallest absolute Gasteiger partial charge is 0.322 e. The maximum Gasteiger partial charge on any atom is 0.322 e. The van der Waals surface area contributed by atoms with E-state index < -0.39 is 17.9 Å². The second-order valence-electron chi connectivity index (χ2n) is 3.26. The average molecular weight is 198 g/mol. The molecule has 2 N–H and O–H groups in total. The van der Waals surface area contributed by atoms with Crippen molar-refractivity contribution in [3.63, 3.8) is 0 Å². The van der Waals surface area contributed by atoms with E-state index in [1.807, 2.05) is 13.8 Å². The SMILES string of the molecule is CC(C)=CC=C(C)C(C(=O)O)C(=O)O. The van der Waals surface area contributed by atoms with Crippen LogP contribution >= 0.6 is 0 Å². The zero-order valence-corrected chi connectivity index (χ0v) is 8.44. The Morgan fingerprint density at radius 2 is 1.43 bits per heavy atom. The van der Waals surface area contributed by atoms with Crippen molar-refractivity contribution in [2.75, 3.05) is 0 Å². The standard InChI is InChI=1S/C10H14O4/c1-6(2)4-5-7(3)8(9(11)12)10(13)14/h4-5,8H,1-3H3,(H,11,12)(H,13,14). The first-order valence-corrected chi connectivity index (χ1v) is 4.13. The Kier molecular flexibility index (Phi) is 4.63. The molecule has 0 aromatic carbocycles. The van der Waals surface area contributed by atoms with E-state index in [2.05, 4.69) is 0 Å². The number of carboxylic acids is 2. The van der Waals surface area contributed by atoms with E-state index >= 15 is 0 Å². The highest BCUT2D eigenvalue weighted by Crippen LogP contribution is 2.11. The van der Waals surface area contributed by atoms with Gasteiger partial charge >= 0.3 is 11.9 Å². The van der Waals surface area contributed by atoms with Crippen molar-refractivity contribution in [3.05, 3.63) is 23.3 Å². The van der Waals surface area contributed by atoms with Gasteiger partial charge in [0, 0.05) is 0 Å². The Morgan fingerprint density at radius 3 is 1.71 bits per heavy atom. The highest BCUT2D eigenvalue weighted by atomic mass is 16.4. The van der Waals surface area contributed by atoms with Crippen molar-refractivity contribution >= 4 is 11.9 Å². The molecular formula is C10H14O4. The Hall–Kier alpha value is -1.58.